The molecule has 0 radical (unpaired) electrons. The van der Waals surface area contributed by atoms with Crippen molar-refractivity contribution in [3.05, 3.63) is 125 Å². The van der Waals surface area contributed by atoms with Crippen molar-refractivity contribution in [1.29, 1.82) is 10.5 Å². The minimum atomic E-state index is -1.40. The third kappa shape index (κ3) is 5.23. The molecule has 10 bridgehead atoms. The Morgan fingerprint density at radius 2 is 0.954 bits per heavy atom. The topological polar surface area (TPSA) is 159 Å². The number of benzene rings is 5. The van der Waals surface area contributed by atoms with E-state index in [0.717, 1.165) is 81.3 Å². The Bertz CT molecular complexity index is 3780. The molecule has 13 aliphatic rings. The van der Waals surface area contributed by atoms with Gasteiger partial charge in [0.2, 0.25) is 11.8 Å². The highest BCUT2D eigenvalue weighted by atomic mass is 16.6. The van der Waals surface area contributed by atoms with Crippen molar-refractivity contribution in [2.75, 3.05) is 74.0 Å². The van der Waals surface area contributed by atoms with E-state index >= 15 is 9.59 Å². The van der Waals surface area contributed by atoms with Crippen molar-refractivity contribution in [3.8, 4) is 45.9 Å². The molecule has 87 heavy (non-hydrogen) atoms. The lowest BCUT2D eigenvalue weighted by molar-refractivity contribution is -0.330. The van der Waals surface area contributed by atoms with E-state index in [1.54, 1.807) is 19.1 Å². The number of carbonyl (C=O) groups is 2. The summed E-state index contributed by atoms with van der Waals surface area (Å²) in [4.78, 5) is 36.4. The average Bonchev–Trinajstić information content (AvgIpc) is 1.41. The van der Waals surface area contributed by atoms with Gasteiger partial charge in [0, 0.05) is 84.5 Å². The highest BCUT2D eigenvalue weighted by Gasteiger charge is 3.06. The number of nitriles is 2. The predicted octanol–water partition coefficient (Wildman–Crippen LogP) is 11.5. The zero-order valence-corrected chi connectivity index (χ0v) is 51.1. The largest absolute Gasteiger partial charge is 0.496 e. The molecular weight excluding hydrogens is 1090 g/mol. The molecule has 5 aromatic rings. The maximum atomic E-state index is 17.4. The van der Waals surface area contributed by atoms with Crippen LogP contribution >= 0.6 is 0 Å². The molecule has 0 N–H and O–H groups in total. The lowest BCUT2D eigenvalue weighted by Crippen LogP contribution is -2.85. The van der Waals surface area contributed by atoms with Crippen LogP contribution in [0.5, 0.6) is 11.5 Å². The van der Waals surface area contributed by atoms with Crippen molar-refractivity contribution in [1.82, 2.24) is 0 Å². The Kier molecular flexibility index (Phi) is 10.7. The summed E-state index contributed by atoms with van der Waals surface area (Å²) in [7, 11) is 10.8. The number of imide groups is 1. The molecule has 5 saturated heterocycles. The number of methoxy groups -OCH3 is 6. The van der Waals surface area contributed by atoms with Gasteiger partial charge < -0.3 is 37.9 Å². The van der Waals surface area contributed by atoms with E-state index in [2.05, 4.69) is 106 Å². The van der Waals surface area contributed by atoms with Crippen LogP contribution in [0.3, 0.4) is 0 Å². The van der Waals surface area contributed by atoms with Crippen molar-refractivity contribution in [3.63, 3.8) is 0 Å². The maximum Gasteiger partial charge on any atom is 0.246 e. The van der Waals surface area contributed by atoms with E-state index in [-0.39, 0.29) is 88.2 Å². The van der Waals surface area contributed by atoms with Crippen molar-refractivity contribution in [2.24, 2.45) is 91.7 Å². The molecule has 5 aliphatic heterocycles. The van der Waals surface area contributed by atoms with Gasteiger partial charge in [-0.15, -0.1) is 0 Å². The summed E-state index contributed by atoms with van der Waals surface area (Å²) in [5, 5.41) is 23.0. The molecule has 2 amide bonds. The second-order valence-electron chi connectivity index (χ2n) is 29.7. The molecule has 22 atom stereocenters. The van der Waals surface area contributed by atoms with E-state index in [4.69, 9.17) is 37.9 Å². The average molecular weight is 1170 g/mol. The van der Waals surface area contributed by atoms with Crippen molar-refractivity contribution >= 4 is 28.3 Å². The quantitative estimate of drug-likeness (QED) is 0.0476. The number of nitrogens with zero attached hydrogens (tertiary/aromatic N) is 3. The maximum absolute atomic E-state index is 17.4. The van der Waals surface area contributed by atoms with Gasteiger partial charge in [-0.2, -0.15) is 10.5 Å². The summed E-state index contributed by atoms with van der Waals surface area (Å²) in [5.74, 6) is 1.25. The molecule has 13 nitrogen and oxygen atoms in total. The second-order valence-corrected chi connectivity index (χ2v) is 29.7. The Hall–Kier alpha value is -6.42. The standard InChI is InChI=1S/C74H75N3O10/c1-68(2,3)39-20-22-40(23-21-39)77-66(78)73-62-58-59(70(33-81-5)44-28-43(69(58,70)32-80-4)52-41-24-25-42(53(44)52)49(41)38(30-75)31-76)63(86-62)74(73,67(77)79)65-61-60(64(73)87-65)71(34-82-6)45-29-46(72(61,71)35-83-7)55-51(37-18-14-11-15-19-37)57-48(85-9)27-26-47(84-8)56(57)50(54(45)55)36-16-12-10-13-17-36/h10-23,26-27,41-46,52-53,58-65H,24-25,28-29,32-35H2,1-9H3/t41-,42+,43-,44+,45+,46-,52+,53-,58-,59+,60+,61-,62-,63+,64+,65-,69-,70+,71+,72-,73+,74-. The molecule has 12 fully saturated rings. The number of rotatable bonds is 13. The van der Waals surface area contributed by atoms with E-state index in [0.29, 0.717) is 37.7 Å². The van der Waals surface area contributed by atoms with Crippen LogP contribution in [0, 0.1) is 114 Å². The van der Waals surface area contributed by atoms with E-state index in [9.17, 15) is 10.5 Å². The van der Waals surface area contributed by atoms with Crippen molar-refractivity contribution < 1.29 is 47.5 Å². The smallest absolute Gasteiger partial charge is 0.246 e. The number of hydrogen-bond acceptors (Lipinski definition) is 12. The summed E-state index contributed by atoms with van der Waals surface area (Å²) >= 11 is 0. The number of allylic oxidation sites excluding steroid dienone is 2. The SMILES string of the molecule is COC[C@@]12[C@@H]3[C@@H]([C@@H]4O[C@H]3[C@]35C(=O)N(c6ccc(C(C)(C)C)cc6)C(=O)[C@]43[C@@H]3O[C@H]5[C@@H]4[C@H]3[C@@]3(COC)[C@@H]5C[C@@H]([C@@H]6[C@H]5[C@@H]5CC[C@H]6C5=C(C#N)C#N)[C@@]43COC)[C@]1(COC)[C@H]1C[C@@H]2c2c1c(-c1ccccc1)c1c(OC)ccc(OC)c1c2-c1ccccc1. The second kappa shape index (κ2) is 17.3. The first-order valence-electron chi connectivity index (χ1n) is 31.9. The first-order valence-corrected chi connectivity index (χ1v) is 31.9. The lowest BCUT2D eigenvalue weighted by atomic mass is 9.22. The fraction of sp³-hybridized carbons (Fsp3) is 0.541. The molecular formula is C74H75N3O10. The Labute approximate surface area is 508 Å². The fourth-order valence-electron chi connectivity index (χ4n) is 26.4. The van der Waals surface area contributed by atoms with E-state index in [1.807, 2.05) is 52.7 Å². The lowest BCUT2D eigenvalue weighted by Gasteiger charge is -2.78. The Balaban J connectivity index is 0.896. The first-order chi connectivity index (χ1) is 42.3. The van der Waals surface area contributed by atoms with Gasteiger partial charge >= 0.3 is 0 Å². The molecule has 7 saturated carbocycles. The number of carbonyl (C=O) groups excluding carboxylic acids is 2. The molecule has 0 aromatic heterocycles. The normalized spacial score (nSPS) is 42.9. The summed E-state index contributed by atoms with van der Waals surface area (Å²) in [6.45, 7) is 8.24. The highest BCUT2D eigenvalue weighted by Crippen LogP contribution is 2.98. The van der Waals surface area contributed by atoms with E-state index in [1.165, 1.54) is 11.1 Å². The molecule has 18 rings (SSSR count). The monoisotopic (exact) mass is 1170 g/mol. The van der Waals surface area contributed by atoms with Crippen LogP contribution in [-0.4, -0.2) is 105 Å². The zero-order valence-electron chi connectivity index (χ0n) is 51.1. The van der Waals surface area contributed by atoms with Crippen LogP contribution in [0.25, 0.3) is 33.0 Å². The molecule has 5 heterocycles. The third-order valence-electron chi connectivity index (χ3n) is 27.6. The van der Waals surface area contributed by atoms with Crippen LogP contribution in [0.1, 0.15) is 75.0 Å². The van der Waals surface area contributed by atoms with Crippen LogP contribution in [0.2, 0.25) is 0 Å². The van der Waals surface area contributed by atoms with Crippen LogP contribution in [0.15, 0.2) is 108 Å². The van der Waals surface area contributed by atoms with Crippen molar-refractivity contribution in [2.45, 2.75) is 88.1 Å². The summed E-state index contributed by atoms with van der Waals surface area (Å²) in [6.07, 6.45) is 0.958. The summed E-state index contributed by atoms with van der Waals surface area (Å²) in [6, 6.07) is 38.4. The van der Waals surface area contributed by atoms with Gasteiger partial charge in [0.05, 0.1) is 70.8 Å². The van der Waals surface area contributed by atoms with Gasteiger partial charge in [-0.1, -0.05) is 93.6 Å². The van der Waals surface area contributed by atoms with Crippen LogP contribution in [0.4, 0.5) is 5.69 Å². The number of ether oxygens (including phenoxy) is 8. The van der Waals surface area contributed by atoms with Gasteiger partial charge in [0.15, 0.2) is 0 Å². The van der Waals surface area contributed by atoms with Gasteiger partial charge in [-0.05, 0) is 147 Å². The molecule has 0 spiro atoms. The molecule has 13 heteroatoms. The first kappa shape index (κ1) is 53.6. The minimum absolute atomic E-state index is 0.103. The number of anilines is 1. The minimum Gasteiger partial charge on any atom is -0.496 e. The Morgan fingerprint density at radius 1 is 0.552 bits per heavy atom. The number of hydrogen-bond donors (Lipinski definition) is 0. The van der Waals surface area contributed by atoms with Gasteiger partial charge in [-0.3, -0.25) is 9.59 Å². The van der Waals surface area contributed by atoms with Crippen LogP contribution < -0.4 is 14.4 Å². The van der Waals surface area contributed by atoms with E-state index < -0.39 is 56.9 Å². The predicted molar refractivity (Wildman–Crippen MR) is 322 cm³/mol. The van der Waals surface area contributed by atoms with Gasteiger partial charge in [0.1, 0.15) is 40.0 Å². The van der Waals surface area contributed by atoms with Crippen LogP contribution in [-0.2, 0) is 43.4 Å². The summed E-state index contributed by atoms with van der Waals surface area (Å²) in [5.41, 5.74) is 4.78. The number of fused-ring (bicyclic) bond motifs is 35. The van der Waals surface area contributed by atoms with Gasteiger partial charge in [-0.25, -0.2) is 4.90 Å². The molecule has 0 unspecified atom stereocenters. The Morgan fingerprint density at radius 3 is 1.33 bits per heavy atom. The fourth-order valence-corrected chi connectivity index (χ4v) is 26.4. The summed E-state index contributed by atoms with van der Waals surface area (Å²) < 4.78 is 55.9. The number of amides is 2. The molecule has 5 aromatic carbocycles. The zero-order chi connectivity index (χ0) is 59.6. The van der Waals surface area contributed by atoms with Gasteiger partial charge in [0.25, 0.3) is 0 Å². The third-order valence-corrected chi connectivity index (χ3v) is 27.6. The highest BCUT2D eigenvalue weighted by molar-refractivity contribution is 6.27. The molecule has 446 valence electrons. The molecule has 8 aliphatic carbocycles.